The minimum Gasteiger partial charge on any atom is -0.481 e. The van der Waals surface area contributed by atoms with Gasteiger partial charge in [0.1, 0.15) is 29.1 Å². The van der Waals surface area contributed by atoms with Gasteiger partial charge in [-0.15, -0.1) is 34.9 Å². The Balaban J connectivity index is 1.45. The van der Waals surface area contributed by atoms with Crippen molar-refractivity contribution in [2.24, 2.45) is 10.6 Å². The van der Waals surface area contributed by atoms with Crippen LogP contribution in [-0.2, 0) is 40.2 Å². The van der Waals surface area contributed by atoms with E-state index in [0.29, 0.717) is 16.9 Å². The Bertz CT molecular complexity index is 1650. The van der Waals surface area contributed by atoms with Crippen molar-refractivity contribution >= 4 is 81.1 Å². The molecule has 3 N–H and O–H groups in total. The van der Waals surface area contributed by atoms with E-state index in [1.165, 1.54) is 51.7 Å². The summed E-state index contributed by atoms with van der Waals surface area (Å²) >= 11 is 2.83. The second-order valence-electron chi connectivity index (χ2n) is 9.97. The van der Waals surface area contributed by atoms with E-state index >= 15 is 0 Å². The molecule has 2 saturated heterocycles. The van der Waals surface area contributed by atoms with Gasteiger partial charge in [-0.05, 0) is 23.1 Å². The van der Waals surface area contributed by atoms with Crippen LogP contribution in [0.15, 0.2) is 46.8 Å². The highest BCUT2D eigenvalue weighted by Gasteiger charge is 2.57. The zero-order valence-corrected chi connectivity index (χ0v) is 26.6. The average Bonchev–Trinajstić information content (AvgIpc) is 3.50. The number of esters is 1. The fourth-order valence-corrected chi connectivity index (χ4v) is 7.33. The van der Waals surface area contributed by atoms with Crippen LogP contribution < -0.4 is 10.6 Å². The van der Waals surface area contributed by atoms with Crippen LogP contribution in [0.1, 0.15) is 11.3 Å². The number of oxime groups is 1. The maximum Gasteiger partial charge on any atom is 0.471 e. The van der Waals surface area contributed by atoms with Gasteiger partial charge < -0.3 is 24.9 Å². The van der Waals surface area contributed by atoms with Gasteiger partial charge in [0.25, 0.3) is 11.6 Å². The highest BCUT2D eigenvalue weighted by atomic mass is 32.2. The van der Waals surface area contributed by atoms with Gasteiger partial charge in [0.05, 0.1) is 4.92 Å². The van der Waals surface area contributed by atoms with E-state index in [9.17, 15) is 52.4 Å². The van der Waals surface area contributed by atoms with Crippen molar-refractivity contribution in [3.05, 3.63) is 63.0 Å². The lowest BCUT2D eigenvalue weighted by Gasteiger charge is -2.53. The summed E-state index contributed by atoms with van der Waals surface area (Å²) in [5, 5.41) is 29.6. The predicted molar refractivity (Wildman–Crippen MR) is 165 cm³/mol. The molecule has 0 spiro atoms. The van der Waals surface area contributed by atoms with Crippen molar-refractivity contribution in [2.75, 3.05) is 30.0 Å². The van der Waals surface area contributed by atoms with E-state index in [4.69, 9.17) is 9.57 Å². The number of rotatable bonds is 14. The minimum atomic E-state index is -5.23. The van der Waals surface area contributed by atoms with Crippen LogP contribution in [0.5, 0.6) is 0 Å². The molecule has 2 aliphatic rings. The molecule has 2 unspecified atom stereocenters. The van der Waals surface area contributed by atoms with Gasteiger partial charge in [0.15, 0.2) is 10.8 Å². The fraction of sp³-hybridized carbons (Fsp3) is 0.346. The number of fused-ring (bicyclic) bond motifs is 1. The maximum absolute atomic E-state index is 13.3. The number of thioether (sulfide) groups is 2. The second-order valence-corrected chi connectivity index (χ2v) is 12.9. The maximum atomic E-state index is 13.3. The van der Waals surface area contributed by atoms with Gasteiger partial charge in [-0.2, -0.15) is 13.2 Å². The molecule has 2 fully saturated rings. The van der Waals surface area contributed by atoms with E-state index in [0.717, 1.165) is 17.1 Å². The number of nitrogens with zero attached hydrogens (tertiary/aromatic N) is 4. The number of anilines is 1. The molecule has 0 saturated carbocycles. The summed E-state index contributed by atoms with van der Waals surface area (Å²) < 4.78 is 43.2. The molecular formula is C26H23F3N6O10S3. The van der Waals surface area contributed by atoms with E-state index in [1.807, 2.05) is 0 Å². The van der Waals surface area contributed by atoms with Crippen molar-refractivity contribution < 1.29 is 56.7 Å². The molecule has 1 aromatic carbocycles. The summed E-state index contributed by atoms with van der Waals surface area (Å²) in [7, 11) is 0. The van der Waals surface area contributed by atoms with E-state index < -0.39 is 75.0 Å². The number of carbonyl (C=O) groups is 5. The van der Waals surface area contributed by atoms with E-state index in [2.05, 4.69) is 22.0 Å². The molecule has 3 heterocycles. The zero-order valence-electron chi connectivity index (χ0n) is 24.1. The largest absolute Gasteiger partial charge is 0.481 e. The number of hydrogen-bond donors (Lipinski definition) is 3. The Morgan fingerprint density at radius 2 is 2.00 bits per heavy atom. The predicted octanol–water partition coefficient (Wildman–Crippen LogP) is 2.36. The Hall–Kier alpha value is -4.70. The summed E-state index contributed by atoms with van der Waals surface area (Å²) in [4.78, 5) is 82.1. The molecule has 4 rings (SSSR count). The monoisotopic (exact) mass is 732 g/mol. The van der Waals surface area contributed by atoms with Gasteiger partial charge in [-0.25, -0.2) is 9.78 Å². The van der Waals surface area contributed by atoms with E-state index in [-0.39, 0.29) is 36.0 Å². The topological polar surface area (TPSA) is 220 Å². The standard InChI is InChI=1S/C26H23F3N6O10S3/c1-2-46-11-25(23(40)41)10-34-20(38)18(21(34)48-12-25)31-19(37)17(15-9-47-24(30-15)32-22(39)26(27,28)29)33-45-8-16(36)44-7-13-3-5-14(6-4-13)35(42)43/h2-6,9,18,21H,1,7-8,10-12H2,(H,31,37)(H,40,41)(H,30,32,39)/t18?,21-,25?/m1/s1. The normalized spacial score (nSPS) is 20.5. The molecule has 0 radical (unpaired) electrons. The molecule has 3 amide bonds. The van der Waals surface area contributed by atoms with Crippen molar-refractivity contribution in [2.45, 2.75) is 24.2 Å². The lowest BCUT2D eigenvalue weighted by atomic mass is 9.89. The number of hydrogen-bond acceptors (Lipinski definition) is 14. The lowest BCUT2D eigenvalue weighted by molar-refractivity contribution is -0.384. The van der Waals surface area contributed by atoms with E-state index in [1.54, 1.807) is 0 Å². The number of aliphatic carboxylic acids is 1. The molecule has 48 heavy (non-hydrogen) atoms. The van der Waals surface area contributed by atoms with Gasteiger partial charge >= 0.3 is 24.0 Å². The molecule has 256 valence electrons. The molecular weight excluding hydrogens is 710 g/mol. The molecule has 22 heteroatoms. The number of β-lactam (4-membered cyclic amide) rings is 1. The molecule has 2 aromatic rings. The number of carboxylic acids is 1. The fourth-order valence-electron chi connectivity index (χ4n) is 4.22. The number of nitro benzene ring substituents is 1. The average molecular weight is 733 g/mol. The number of halogens is 3. The quantitative estimate of drug-likeness (QED) is 0.0836. The Morgan fingerprint density at radius 1 is 1.29 bits per heavy atom. The summed E-state index contributed by atoms with van der Waals surface area (Å²) in [5.41, 5.74) is -2.06. The summed E-state index contributed by atoms with van der Waals surface area (Å²) in [6.07, 6.45) is -5.23. The Morgan fingerprint density at radius 3 is 2.62 bits per heavy atom. The van der Waals surface area contributed by atoms with Crippen molar-refractivity contribution in [1.29, 1.82) is 0 Å². The van der Waals surface area contributed by atoms with Crippen molar-refractivity contribution in [3.8, 4) is 0 Å². The van der Waals surface area contributed by atoms with Crippen LogP contribution in [0.2, 0.25) is 0 Å². The number of nitrogens with one attached hydrogen (secondary N) is 2. The van der Waals surface area contributed by atoms with Crippen LogP contribution in [0.3, 0.4) is 0 Å². The van der Waals surface area contributed by atoms with Gasteiger partial charge in [-0.3, -0.25) is 34.6 Å². The minimum absolute atomic E-state index is 0.115. The lowest BCUT2D eigenvalue weighted by Crippen LogP contribution is -2.74. The molecule has 2 aliphatic heterocycles. The Kier molecular flexibility index (Phi) is 11.3. The van der Waals surface area contributed by atoms with Gasteiger partial charge in [-0.1, -0.05) is 11.7 Å². The number of aromatic nitrogens is 1. The van der Waals surface area contributed by atoms with Crippen LogP contribution in [0, 0.1) is 15.5 Å². The first-order valence-corrected chi connectivity index (χ1v) is 16.2. The Labute approximate surface area is 280 Å². The van der Waals surface area contributed by atoms with Crippen molar-refractivity contribution in [3.63, 3.8) is 0 Å². The number of amides is 3. The number of non-ortho nitro benzene ring substituents is 1. The van der Waals surface area contributed by atoms with Gasteiger partial charge in [0.2, 0.25) is 12.5 Å². The summed E-state index contributed by atoms with van der Waals surface area (Å²) in [6.45, 7) is 2.29. The first kappa shape index (κ1) is 36.1. The zero-order chi connectivity index (χ0) is 35.2. The summed E-state index contributed by atoms with van der Waals surface area (Å²) in [6, 6.07) is 3.99. The third-order valence-corrected chi connectivity index (χ3v) is 9.99. The first-order chi connectivity index (χ1) is 22.6. The number of nitro groups is 1. The molecule has 0 aliphatic carbocycles. The van der Waals surface area contributed by atoms with Crippen LogP contribution in [0.4, 0.5) is 24.0 Å². The third-order valence-electron chi connectivity index (χ3n) is 6.69. The number of carboxylic acid groups (broad SMARTS) is 1. The van der Waals surface area contributed by atoms with Crippen molar-refractivity contribution in [1.82, 2.24) is 15.2 Å². The number of benzene rings is 1. The molecule has 1 aromatic heterocycles. The van der Waals surface area contributed by atoms with Crippen LogP contribution in [-0.4, -0.2) is 97.5 Å². The SMILES string of the molecule is C=CSCC1(C(=O)O)CS[C@@H]2C(NC(=O)C(=NOCC(=O)OCc3ccc([N+](=O)[O-])cc3)c3csc(NC(=O)C(F)(F)F)n3)C(=O)N2C1. The number of thiazole rings is 1. The second kappa shape index (κ2) is 15.0. The first-order valence-electron chi connectivity index (χ1n) is 13.3. The van der Waals surface area contributed by atoms with Gasteiger partial charge in [0, 0.05) is 35.6 Å². The van der Waals surface area contributed by atoms with Crippen LogP contribution in [0.25, 0.3) is 0 Å². The molecule has 16 nitrogen and oxygen atoms in total. The smallest absolute Gasteiger partial charge is 0.471 e. The number of ether oxygens (including phenoxy) is 1. The highest BCUT2D eigenvalue weighted by molar-refractivity contribution is 8.02. The summed E-state index contributed by atoms with van der Waals surface area (Å²) in [5.74, 6) is -5.80. The molecule has 0 bridgehead atoms. The molecule has 3 atom stereocenters. The number of carbonyl (C=O) groups excluding carboxylic acids is 4. The number of alkyl halides is 3. The highest BCUT2D eigenvalue weighted by Crippen LogP contribution is 2.43. The van der Waals surface area contributed by atoms with Crippen LogP contribution >= 0.6 is 34.9 Å². The third kappa shape index (κ3) is 8.41.